The molecule has 8 heteroatoms. The van der Waals surface area contributed by atoms with Crippen LogP contribution in [-0.4, -0.2) is 52.1 Å². The SMILES string of the molecule is COCCOC1CCC(n2ncc3ncnc(C(N)=O)c32)CC1. The van der Waals surface area contributed by atoms with Crippen LogP contribution in [-0.2, 0) is 9.47 Å². The van der Waals surface area contributed by atoms with Gasteiger partial charge in [0, 0.05) is 7.11 Å². The Morgan fingerprint density at radius 1 is 1.30 bits per heavy atom. The third-order valence-corrected chi connectivity index (χ3v) is 4.25. The molecule has 0 bridgehead atoms. The fourth-order valence-electron chi connectivity index (χ4n) is 3.10. The van der Waals surface area contributed by atoms with Crippen molar-refractivity contribution in [2.24, 2.45) is 5.73 Å². The molecule has 124 valence electrons. The van der Waals surface area contributed by atoms with E-state index in [1.54, 1.807) is 13.3 Å². The van der Waals surface area contributed by atoms with Gasteiger partial charge >= 0.3 is 0 Å². The lowest BCUT2D eigenvalue weighted by Gasteiger charge is -2.29. The molecule has 0 unspecified atom stereocenters. The maximum atomic E-state index is 11.6. The Labute approximate surface area is 134 Å². The number of carbonyl (C=O) groups excluding carboxylic acids is 1. The summed E-state index contributed by atoms with van der Waals surface area (Å²) < 4.78 is 12.6. The summed E-state index contributed by atoms with van der Waals surface area (Å²) in [4.78, 5) is 19.8. The van der Waals surface area contributed by atoms with E-state index in [4.69, 9.17) is 15.2 Å². The zero-order chi connectivity index (χ0) is 16.2. The fourth-order valence-corrected chi connectivity index (χ4v) is 3.10. The minimum Gasteiger partial charge on any atom is -0.382 e. The molecule has 8 nitrogen and oxygen atoms in total. The third-order valence-electron chi connectivity index (χ3n) is 4.25. The first kappa shape index (κ1) is 15.8. The summed E-state index contributed by atoms with van der Waals surface area (Å²) in [5, 5.41) is 4.41. The summed E-state index contributed by atoms with van der Waals surface area (Å²) in [6.07, 6.45) is 7.03. The summed E-state index contributed by atoms with van der Waals surface area (Å²) >= 11 is 0. The number of nitrogens with zero attached hydrogens (tertiary/aromatic N) is 4. The molecule has 0 saturated heterocycles. The summed E-state index contributed by atoms with van der Waals surface area (Å²) in [6.45, 7) is 1.24. The quantitative estimate of drug-likeness (QED) is 0.799. The Balaban J connectivity index is 1.74. The van der Waals surface area contributed by atoms with Gasteiger partial charge in [0.1, 0.15) is 17.4 Å². The smallest absolute Gasteiger partial charge is 0.269 e. The molecule has 0 aromatic carbocycles. The first-order chi connectivity index (χ1) is 11.2. The Bertz CT molecular complexity index is 679. The molecular weight excluding hydrogens is 298 g/mol. The first-order valence-electron chi connectivity index (χ1n) is 7.79. The zero-order valence-corrected chi connectivity index (χ0v) is 13.1. The predicted octanol–water partition coefficient (Wildman–Crippen LogP) is 1.07. The topological polar surface area (TPSA) is 105 Å². The van der Waals surface area contributed by atoms with Gasteiger partial charge in [-0.2, -0.15) is 5.10 Å². The largest absolute Gasteiger partial charge is 0.382 e. The van der Waals surface area contributed by atoms with Gasteiger partial charge in [0.15, 0.2) is 5.69 Å². The van der Waals surface area contributed by atoms with Crippen LogP contribution in [0.3, 0.4) is 0 Å². The van der Waals surface area contributed by atoms with Gasteiger partial charge in [0.2, 0.25) is 0 Å². The van der Waals surface area contributed by atoms with Crippen molar-refractivity contribution in [2.75, 3.05) is 20.3 Å². The minimum atomic E-state index is -0.560. The molecule has 2 aromatic rings. The Hall–Kier alpha value is -2.06. The molecule has 3 rings (SSSR count). The molecule has 2 heterocycles. The van der Waals surface area contributed by atoms with Crippen molar-refractivity contribution in [2.45, 2.75) is 37.8 Å². The number of carbonyl (C=O) groups is 1. The van der Waals surface area contributed by atoms with Gasteiger partial charge in [0.25, 0.3) is 5.91 Å². The van der Waals surface area contributed by atoms with Gasteiger partial charge in [-0.1, -0.05) is 0 Å². The number of hydrogen-bond donors (Lipinski definition) is 1. The Kier molecular flexibility index (Phi) is 4.82. The number of ether oxygens (including phenoxy) is 2. The molecule has 1 aliphatic rings. The Morgan fingerprint density at radius 3 is 2.78 bits per heavy atom. The lowest BCUT2D eigenvalue weighted by molar-refractivity contribution is -0.00690. The second kappa shape index (κ2) is 7.01. The standard InChI is InChI=1S/C15H21N5O3/c1-22-6-7-23-11-4-2-10(3-5-11)20-14-12(8-19-20)17-9-18-13(14)15(16)21/h8-11H,2-7H2,1H3,(H2,16,21). The summed E-state index contributed by atoms with van der Waals surface area (Å²) in [7, 11) is 1.67. The van der Waals surface area contributed by atoms with E-state index in [-0.39, 0.29) is 17.8 Å². The van der Waals surface area contributed by atoms with Crippen LogP contribution < -0.4 is 5.73 Å². The van der Waals surface area contributed by atoms with Crippen LogP contribution in [0.4, 0.5) is 0 Å². The molecule has 0 atom stereocenters. The van der Waals surface area contributed by atoms with E-state index in [0.717, 1.165) is 25.7 Å². The van der Waals surface area contributed by atoms with Crippen LogP contribution in [0.25, 0.3) is 11.0 Å². The van der Waals surface area contributed by atoms with Gasteiger partial charge in [-0.05, 0) is 25.7 Å². The number of fused-ring (bicyclic) bond motifs is 1. The van der Waals surface area contributed by atoms with Crippen LogP contribution in [0.5, 0.6) is 0 Å². The average molecular weight is 319 g/mol. The van der Waals surface area contributed by atoms with E-state index < -0.39 is 5.91 Å². The molecule has 1 fully saturated rings. The lowest BCUT2D eigenvalue weighted by atomic mass is 9.93. The van der Waals surface area contributed by atoms with Crippen LogP contribution in [0.1, 0.15) is 42.2 Å². The highest BCUT2D eigenvalue weighted by Crippen LogP contribution is 2.32. The van der Waals surface area contributed by atoms with Crippen LogP contribution in [0, 0.1) is 0 Å². The van der Waals surface area contributed by atoms with Crippen molar-refractivity contribution in [3.8, 4) is 0 Å². The highest BCUT2D eigenvalue weighted by Gasteiger charge is 2.26. The molecule has 1 saturated carbocycles. The molecule has 1 aliphatic carbocycles. The van der Waals surface area contributed by atoms with Crippen molar-refractivity contribution >= 4 is 16.9 Å². The Morgan fingerprint density at radius 2 is 2.09 bits per heavy atom. The van der Waals surface area contributed by atoms with Crippen molar-refractivity contribution in [1.29, 1.82) is 0 Å². The van der Waals surface area contributed by atoms with Gasteiger partial charge in [-0.3, -0.25) is 9.48 Å². The maximum Gasteiger partial charge on any atom is 0.269 e. The van der Waals surface area contributed by atoms with E-state index in [2.05, 4.69) is 15.1 Å². The predicted molar refractivity (Wildman–Crippen MR) is 83.0 cm³/mol. The van der Waals surface area contributed by atoms with Gasteiger partial charge in [-0.15, -0.1) is 0 Å². The first-order valence-corrected chi connectivity index (χ1v) is 7.79. The summed E-state index contributed by atoms with van der Waals surface area (Å²) in [5.41, 5.74) is 6.93. The van der Waals surface area contributed by atoms with Crippen molar-refractivity contribution in [3.63, 3.8) is 0 Å². The van der Waals surface area contributed by atoms with Crippen LogP contribution in [0.15, 0.2) is 12.5 Å². The normalized spacial score (nSPS) is 21.6. The average Bonchev–Trinajstić information content (AvgIpc) is 2.99. The fraction of sp³-hybridized carbons (Fsp3) is 0.600. The molecule has 2 aromatic heterocycles. The maximum absolute atomic E-state index is 11.6. The number of rotatable bonds is 6. The number of hydrogen-bond acceptors (Lipinski definition) is 6. The van der Waals surface area contributed by atoms with Gasteiger partial charge < -0.3 is 15.2 Å². The number of primary amides is 1. The summed E-state index contributed by atoms with van der Waals surface area (Å²) in [5.74, 6) is -0.560. The van der Waals surface area contributed by atoms with Crippen molar-refractivity contribution < 1.29 is 14.3 Å². The molecule has 0 aliphatic heterocycles. The second-order valence-electron chi connectivity index (χ2n) is 5.70. The summed E-state index contributed by atoms with van der Waals surface area (Å²) in [6, 6.07) is 0.207. The van der Waals surface area contributed by atoms with E-state index in [9.17, 15) is 4.79 Å². The van der Waals surface area contributed by atoms with E-state index in [1.165, 1.54) is 6.33 Å². The zero-order valence-electron chi connectivity index (χ0n) is 13.1. The van der Waals surface area contributed by atoms with Crippen molar-refractivity contribution in [1.82, 2.24) is 19.7 Å². The number of aromatic nitrogens is 4. The second-order valence-corrected chi connectivity index (χ2v) is 5.70. The monoisotopic (exact) mass is 319 g/mol. The highest BCUT2D eigenvalue weighted by atomic mass is 16.5. The lowest BCUT2D eigenvalue weighted by Crippen LogP contribution is -2.26. The highest BCUT2D eigenvalue weighted by molar-refractivity contribution is 6.01. The molecule has 2 N–H and O–H groups in total. The van der Waals surface area contributed by atoms with Gasteiger partial charge in [0.05, 0.1) is 31.6 Å². The molecule has 0 spiro atoms. The molecule has 23 heavy (non-hydrogen) atoms. The van der Waals surface area contributed by atoms with E-state index >= 15 is 0 Å². The molecular formula is C15H21N5O3. The van der Waals surface area contributed by atoms with Crippen molar-refractivity contribution in [3.05, 3.63) is 18.2 Å². The number of amides is 1. The molecule has 0 radical (unpaired) electrons. The molecule has 1 amide bonds. The van der Waals surface area contributed by atoms with Gasteiger partial charge in [-0.25, -0.2) is 9.97 Å². The van der Waals surface area contributed by atoms with Crippen LogP contribution in [0.2, 0.25) is 0 Å². The number of methoxy groups -OCH3 is 1. The van der Waals surface area contributed by atoms with Crippen LogP contribution >= 0.6 is 0 Å². The minimum absolute atomic E-state index is 0.207. The van der Waals surface area contributed by atoms with E-state index in [0.29, 0.717) is 24.2 Å². The van der Waals surface area contributed by atoms with E-state index in [1.807, 2.05) is 4.68 Å². The third kappa shape index (κ3) is 3.32. The number of nitrogens with two attached hydrogens (primary N) is 1.